The molecule has 0 heterocycles. The van der Waals surface area contributed by atoms with Crippen LogP contribution in [0.4, 0.5) is 0 Å². The molecule has 0 saturated heterocycles. The summed E-state index contributed by atoms with van der Waals surface area (Å²) in [5, 5.41) is 0. The molecule has 94 valence electrons. The quantitative estimate of drug-likeness (QED) is 0.732. The Labute approximate surface area is 95.8 Å². The molecule has 1 N–H and O–H groups in total. The first-order valence-electron chi connectivity index (χ1n) is 5.45. The van der Waals surface area contributed by atoms with Gasteiger partial charge in [-0.25, -0.2) is 4.57 Å². The zero-order valence-electron chi connectivity index (χ0n) is 10.1. The van der Waals surface area contributed by atoms with E-state index in [-0.39, 0.29) is 11.7 Å². The van der Waals surface area contributed by atoms with Crippen LogP contribution in [0.2, 0.25) is 0 Å². The minimum Gasteiger partial charge on any atom is -0.302 e. The molecule has 1 saturated carbocycles. The Hall–Kier alpha value is -0.220. The average molecular weight is 250 g/mol. The van der Waals surface area contributed by atoms with E-state index in [2.05, 4.69) is 0 Å². The first kappa shape index (κ1) is 13.8. The van der Waals surface area contributed by atoms with Gasteiger partial charge < -0.3 is 4.89 Å². The lowest BCUT2D eigenvalue weighted by Crippen LogP contribution is -2.29. The molecule has 1 aliphatic carbocycles. The molecule has 1 fully saturated rings. The molecule has 0 aliphatic heterocycles. The molecule has 6 heteroatoms. The Morgan fingerprint density at radius 3 is 2.12 bits per heavy atom. The highest BCUT2D eigenvalue weighted by Crippen LogP contribution is 2.56. The van der Waals surface area contributed by atoms with Crippen molar-refractivity contribution in [2.75, 3.05) is 0 Å². The number of hydrogen-bond acceptors (Lipinski definition) is 4. The molecule has 0 bridgehead atoms. The van der Waals surface area contributed by atoms with Crippen LogP contribution in [0.1, 0.15) is 40.5 Å². The molecular formula is C10H19O5P. The van der Waals surface area contributed by atoms with Gasteiger partial charge in [0.15, 0.2) is 5.78 Å². The molecule has 0 radical (unpaired) electrons. The van der Waals surface area contributed by atoms with E-state index in [0.29, 0.717) is 12.8 Å². The summed E-state index contributed by atoms with van der Waals surface area (Å²) >= 11 is 0. The number of Topliss-reactive ketones (excluding diaryl/α,β-unsaturated/α-hetero) is 1. The van der Waals surface area contributed by atoms with E-state index < -0.39 is 19.5 Å². The van der Waals surface area contributed by atoms with Crippen LogP contribution >= 0.6 is 7.82 Å². The van der Waals surface area contributed by atoms with Crippen molar-refractivity contribution in [1.29, 1.82) is 0 Å². The van der Waals surface area contributed by atoms with Gasteiger partial charge in [0.1, 0.15) is 5.60 Å². The second-order valence-electron chi connectivity index (χ2n) is 4.73. The highest BCUT2D eigenvalue weighted by atomic mass is 31.2. The zero-order valence-corrected chi connectivity index (χ0v) is 11.0. The Morgan fingerprint density at radius 2 is 1.81 bits per heavy atom. The second kappa shape index (κ2) is 4.57. The highest BCUT2D eigenvalue weighted by Gasteiger charge is 2.56. The smallest absolute Gasteiger partial charge is 0.302 e. The number of phosphoric acid groups is 1. The number of rotatable bonds is 6. The molecule has 0 aromatic rings. The van der Waals surface area contributed by atoms with Crippen LogP contribution in [0.25, 0.3) is 0 Å². The fourth-order valence-corrected chi connectivity index (χ4v) is 2.82. The third-order valence-corrected chi connectivity index (χ3v) is 3.58. The molecule has 0 aromatic heterocycles. The molecular weight excluding hydrogens is 231 g/mol. The van der Waals surface area contributed by atoms with E-state index in [4.69, 9.17) is 9.05 Å². The van der Waals surface area contributed by atoms with Gasteiger partial charge in [-0.2, -0.15) is 0 Å². The summed E-state index contributed by atoms with van der Waals surface area (Å²) in [6.45, 7) is 6.76. The molecule has 1 aliphatic rings. The van der Waals surface area contributed by atoms with E-state index in [9.17, 15) is 14.3 Å². The minimum absolute atomic E-state index is 0.130. The lowest BCUT2D eigenvalue weighted by Gasteiger charge is -2.21. The monoisotopic (exact) mass is 250 g/mol. The van der Waals surface area contributed by atoms with Crippen LogP contribution in [0, 0.1) is 5.92 Å². The maximum Gasteiger partial charge on any atom is 0.473 e. The number of ketones is 1. The van der Waals surface area contributed by atoms with Crippen LogP contribution < -0.4 is 0 Å². The van der Waals surface area contributed by atoms with Crippen molar-refractivity contribution in [1.82, 2.24) is 0 Å². The van der Waals surface area contributed by atoms with Gasteiger partial charge in [0.05, 0.1) is 6.10 Å². The maximum atomic E-state index is 11.8. The summed E-state index contributed by atoms with van der Waals surface area (Å²) in [5.41, 5.74) is -1.08. The Kier molecular flexibility index (Phi) is 3.95. The largest absolute Gasteiger partial charge is 0.473 e. The molecule has 0 amide bonds. The first-order valence-corrected chi connectivity index (χ1v) is 6.94. The van der Waals surface area contributed by atoms with E-state index in [1.54, 1.807) is 27.7 Å². The van der Waals surface area contributed by atoms with Gasteiger partial charge >= 0.3 is 7.82 Å². The van der Waals surface area contributed by atoms with Gasteiger partial charge in [-0.1, -0.05) is 13.8 Å². The molecule has 1 atom stereocenters. The van der Waals surface area contributed by atoms with Crippen molar-refractivity contribution in [2.24, 2.45) is 5.92 Å². The van der Waals surface area contributed by atoms with Gasteiger partial charge in [-0.3, -0.25) is 13.8 Å². The molecule has 1 unspecified atom stereocenters. The Morgan fingerprint density at radius 1 is 1.31 bits per heavy atom. The molecule has 0 aromatic carbocycles. The second-order valence-corrected chi connectivity index (χ2v) is 6.06. The standard InChI is InChI=1S/C10H19O5P/c1-7(2)9(11)10(5-6-10)15-16(12,13)14-8(3)4/h7-8H,5-6H2,1-4H3,(H,12,13). The molecule has 1 rings (SSSR count). The number of hydrogen-bond donors (Lipinski definition) is 1. The first-order chi connectivity index (χ1) is 7.18. The van der Waals surface area contributed by atoms with Crippen molar-refractivity contribution < 1.29 is 23.3 Å². The molecule has 16 heavy (non-hydrogen) atoms. The van der Waals surface area contributed by atoms with Gasteiger partial charge in [0.2, 0.25) is 0 Å². The van der Waals surface area contributed by atoms with Crippen LogP contribution in [-0.2, 0) is 18.4 Å². The fourth-order valence-electron chi connectivity index (χ4n) is 1.53. The lowest BCUT2D eigenvalue weighted by molar-refractivity contribution is -0.132. The van der Waals surface area contributed by atoms with Crippen molar-refractivity contribution in [3.05, 3.63) is 0 Å². The predicted octanol–water partition coefficient (Wildman–Crippen LogP) is 2.29. The number of phosphoric ester groups is 1. The van der Waals surface area contributed by atoms with Gasteiger partial charge in [-0.05, 0) is 26.7 Å². The molecule has 0 spiro atoms. The molecule has 5 nitrogen and oxygen atoms in total. The van der Waals surface area contributed by atoms with E-state index in [0.717, 1.165) is 0 Å². The zero-order chi connectivity index (χ0) is 12.6. The van der Waals surface area contributed by atoms with E-state index in [1.165, 1.54) is 0 Å². The number of carbonyl (C=O) groups is 1. The van der Waals surface area contributed by atoms with E-state index in [1.807, 2.05) is 0 Å². The normalized spacial score (nSPS) is 22.2. The summed E-state index contributed by atoms with van der Waals surface area (Å²) in [4.78, 5) is 21.2. The van der Waals surface area contributed by atoms with Gasteiger partial charge in [-0.15, -0.1) is 0 Å². The lowest BCUT2D eigenvalue weighted by atomic mass is 10.0. The summed E-state index contributed by atoms with van der Waals surface area (Å²) in [5.74, 6) is -0.337. The van der Waals surface area contributed by atoms with E-state index >= 15 is 0 Å². The van der Waals surface area contributed by atoms with Crippen LogP contribution in [0.5, 0.6) is 0 Å². The van der Waals surface area contributed by atoms with Crippen LogP contribution in [0.15, 0.2) is 0 Å². The highest BCUT2D eigenvalue weighted by molar-refractivity contribution is 7.47. The summed E-state index contributed by atoms with van der Waals surface area (Å²) in [6, 6.07) is 0. The number of carbonyl (C=O) groups excluding carboxylic acids is 1. The van der Waals surface area contributed by atoms with Crippen LogP contribution in [0.3, 0.4) is 0 Å². The third-order valence-electron chi connectivity index (χ3n) is 2.31. The topological polar surface area (TPSA) is 72.8 Å². The summed E-state index contributed by atoms with van der Waals surface area (Å²) in [7, 11) is -4.12. The van der Waals surface area contributed by atoms with Crippen molar-refractivity contribution in [3.8, 4) is 0 Å². The predicted molar refractivity (Wildman–Crippen MR) is 58.9 cm³/mol. The van der Waals surface area contributed by atoms with Gasteiger partial charge in [0.25, 0.3) is 0 Å². The Bertz CT molecular complexity index is 319. The fraction of sp³-hybridized carbons (Fsp3) is 0.900. The SMILES string of the molecule is CC(C)OP(=O)(O)OC1(C(=O)C(C)C)CC1. The third kappa shape index (κ3) is 3.39. The van der Waals surface area contributed by atoms with Crippen molar-refractivity contribution in [3.63, 3.8) is 0 Å². The summed E-state index contributed by atoms with van der Waals surface area (Å²) < 4.78 is 21.4. The van der Waals surface area contributed by atoms with Gasteiger partial charge in [0, 0.05) is 5.92 Å². The minimum atomic E-state index is -4.12. The van der Waals surface area contributed by atoms with Crippen molar-refractivity contribution >= 4 is 13.6 Å². The average Bonchev–Trinajstić information content (AvgIpc) is 2.80. The Balaban J connectivity index is 2.67. The summed E-state index contributed by atoms with van der Waals surface area (Å²) in [6.07, 6.45) is 0.576. The van der Waals surface area contributed by atoms with Crippen LogP contribution in [-0.4, -0.2) is 22.4 Å². The maximum absolute atomic E-state index is 11.8. The van der Waals surface area contributed by atoms with Crippen molar-refractivity contribution in [2.45, 2.75) is 52.2 Å².